The van der Waals surface area contributed by atoms with Crippen molar-refractivity contribution < 1.29 is 17.6 Å². The summed E-state index contributed by atoms with van der Waals surface area (Å²) in [5.41, 5.74) is 8.49. The summed E-state index contributed by atoms with van der Waals surface area (Å²) in [6, 6.07) is 3.11. The van der Waals surface area contributed by atoms with Crippen molar-refractivity contribution in [1.82, 2.24) is 0 Å². The second-order valence-corrected chi connectivity index (χ2v) is 4.64. The fourth-order valence-corrected chi connectivity index (χ4v) is 2.05. The van der Waals surface area contributed by atoms with Gasteiger partial charge in [0.25, 0.3) is 0 Å². The third-order valence-electron chi connectivity index (χ3n) is 3.36. The van der Waals surface area contributed by atoms with Crippen molar-refractivity contribution in [2.24, 2.45) is 5.11 Å². The number of hydrogen-bond donors (Lipinski definition) is 0. The van der Waals surface area contributed by atoms with Crippen molar-refractivity contribution in [2.75, 3.05) is 0 Å². The van der Waals surface area contributed by atoms with E-state index in [2.05, 4.69) is 10.0 Å². The molecule has 2 aromatic rings. The minimum atomic E-state index is -4.43. The molecule has 0 aliphatic carbocycles. The Morgan fingerprint density at radius 3 is 2.60 bits per heavy atom. The van der Waals surface area contributed by atoms with Gasteiger partial charge in [-0.25, -0.2) is 0 Å². The van der Waals surface area contributed by atoms with Gasteiger partial charge in [-0.3, -0.25) is 0 Å². The molecule has 7 heteroatoms. The molecule has 0 N–H and O–H groups in total. The van der Waals surface area contributed by atoms with Crippen LogP contribution in [-0.4, -0.2) is 6.04 Å². The van der Waals surface area contributed by atoms with Crippen LogP contribution in [0.25, 0.3) is 21.4 Å². The van der Waals surface area contributed by atoms with Gasteiger partial charge in [-0.15, -0.1) is 0 Å². The summed E-state index contributed by atoms with van der Waals surface area (Å²) >= 11 is 0. The average molecular weight is 283 g/mol. The highest BCUT2D eigenvalue weighted by Crippen LogP contribution is 2.37. The molecule has 0 bridgehead atoms. The lowest BCUT2D eigenvalue weighted by molar-refractivity contribution is -0.137. The Morgan fingerprint density at radius 2 is 2.00 bits per heavy atom. The first-order chi connectivity index (χ1) is 9.34. The quantitative estimate of drug-likeness (QED) is 0.431. The zero-order valence-corrected chi connectivity index (χ0v) is 10.8. The largest absolute Gasteiger partial charge is 0.464 e. The molecule has 0 aliphatic rings. The van der Waals surface area contributed by atoms with Crippen molar-refractivity contribution in [3.8, 4) is 0 Å². The Morgan fingerprint density at radius 1 is 1.30 bits per heavy atom. The summed E-state index contributed by atoms with van der Waals surface area (Å²) in [4.78, 5) is 2.69. The van der Waals surface area contributed by atoms with Gasteiger partial charge in [-0.1, -0.05) is 19.0 Å². The second-order valence-electron chi connectivity index (χ2n) is 4.64. The molecule has 0 fully saturated rings. The van der Waals surface area contributed by atoms with Gasteiger partial charge in [0.2, 0.25) is 0 Å². The van der Waals surface area contributed by atoms with Crippen LogP contribution in [0.15, 0.2) is 34.0 Å². The molecule has 0 saturated heterocycles. The molecule has 4 nitrogen and oxygen atoms in total. The molecule has 0 amide bonds. The molecule has 0 spiro atoms. The maximum Gasteiger partial charge on any atom is 0.416 e. The summed E-state index contributed by atoms with van der Waals surface area (Å²) in [6.07, 6.45) is -3.08. The van der Waals surface area contributed by atoms with Gasteiger partial charge in [0, 0.05) is 16.3 Å². The van der Waals surface area contributed by atoms with Gasteiger partial charge in [0.15, 0.2) is 0 Å². The van der Waals surface area contributed by atoms with Crippen LogP contribution in [0.2, 0.25) is 0 Å². The van der Waals surface area contributed by atoms with Crippen molar-refractivity contribution in [3.63, 3.8) is 0 Å². The van der Waals surface area contributed by atoms with Crippen LogP contribution in [0.5, 0.6) is 0 Å². The van der Waals surface area contributed by atoms with Gasteiger partial charge < -0.3 is 4.42 Å². The van der Waals surface area contributed by atoms with Gasteiger partial charge >= 0.3 is 6.18 Å². The topological polar surface area (TPSA) is 61.9 Å². The average Bonchev–Trinajstić information content (AvgIpc) is 2.84. The standard InChI is InChI=1S/C13H12F3N3O/c1-7(8(2)18-19-17)11-6-10(13(14,15)16)5-9-3-4-20-12(9)11/h3-8H,1-2H3. The molecule has 0 saturated carbocycles. The number of azide groups is 1. The minimum absolute atomic E-state index is 0.384. The molecule has 1 heterocycles. The molecule has 20 heavy (non-hydrogen) atoms. The van der Waals surface area contributed by atoms with E-state index in [1.165, 1.54) is 12.3 Å². The van der Waals surface area contributed by atoms with Crippen LogP contribution in [0, 0.1) is 0 Å². The highest BCUT2D eigenvalue weighted by atomic mass is 19.4. The van der Waals surface area contributed by atoms with Crippen molar-refractivity contribution >= 4 is 11.0 Å². The first-order valence-corrected chi connectivity index (χ1v) is 5.97. The summed E-state index contributed by atoms with van der Waals surface area (Å²) in [6.45, 7) is 3.36. The number of furan rings is 1. The highest BCUT2D eigenvalue weighted by Gasteiger charge is 2.32. The number of rotatable bonds is 3. The molecule has 0 radical (unpaired) electrons. The van der Waals surface area contributed by atoms with E-state index in [1.54, 1.807) is 13.8 Å². The third-order valence-corrected chi connectivity index (χ3v) is 3.36. The zero-order valence-electron chi connectivity index (χ0n) is 10.8. The van der Waals surface area contributed by atoms with E-state index in [1.807, 2.05) is 0 Å². The Balaban J connectivity index is 2.61. The molecule has 2 unspecified atom stereocenters. The van der Waals surface area contributed by atoms with Crippen molar-refractivity contribution in [1.29, 1.82) is 0 Å². The number of fused-ring (bicyclic) bond motifs is 1. The van der Waals surface area contributed by atoms with Crippen LogP contribution in [0.3, 0.4) is 0 Å². The number of nitrogens with zero attached hydrogens (tertiary/aromatic N) is 3. The first kappa shape index (κ1) is 14.3. The fourth-order valence-electron chi connectivity index (χ4n) is 2.05. The maximum atomic E-state index is 12.9. The second kappa shape index (κ2) is 5.09. The molecular formula is C13H12F3N3O. The van der Waals surface area contributed by atoms with Crippen LogP contribution < -0.4 is 0 Å². The summed E-state index contributed by atoms with van der Waals surface area (Å²) in [5.74, 6) is -0.387. The van der Waals surface area contributed by atoms with Crippen LogP contribution in [0.4, 0.5) is 13.2 Å². The van der Waals surface area contributed by atoms with Gasteiger partial charge in [-0.05, 0) is 35.2 Å². The van der Waals surface area contributed by atoms with Crippen LogP contribution in [0.1, 0.15) is 30.9 Å². The van der Waals surface area contributed by atoms with E-state index in [0.29, 0.717) is 16.5 Å². The third kappa shape index (κ3) is 2.58. The molecular weight excluding hydrogens is 271 g/mol. The highest BCUT2D eigenvalue weighted by molar-refractivity contribution is 5.82. The van der Waals surface area contributed by atoms with E-state index in [9.17, 15) is 13.2 Å². The minimum Gasteiger partial charge on any atom is -0.464 e. The van der Waals surface area contributed by atoms with E-state index in [0.717, 1.165) is 12.1 Å². The molecule has 1 aromatic heterocycles. The van der Waals surface area contributed by atoms with Gasteiger partial charge in [0.05, 0.1) is 11.8 Å². The monoisotopic (exact) mass is 283 g/mol. The smallest absolute Gasteiger partial charge is 0.416 e. The predicted molar refractivity (Wildman–Crippen MR) is 68.2 cm³/mol. The SMILES string of the molecule is CC(N=[N+]=[N-])C(C)c1cc(C(F)(F)F)cc2ccoc12. The molecule has 106 valence electrons. The Hall–Kier alpha value is -2.14. The van der Waals surface area contributed by atoms with Gasteiger partial charge in [-0.2, -0.15) is 13.2 Å². The van der Waals surface area contributed by atoms with E-state index >= 15 is 0 Å². The number of hydrogen-bond acceptors (Lipinski definition) is 2. The molecule has 2 rings (SSSR count). The Bertz CT molecular complexity index is 671. The lowest BCUT2D eigenvalue weighted by Crippen LogP contribution is -2.12. The zero-order chi connectivity index (χ0) is 14.9. The summed E-state index contributed by atoms with van der Waals surface area (Å²) in [5, 5.41) is 3.93. The van der Waals surface area contributed by atoms with E-state index in [-0.39, 0.29) is 5.92 Å². The lowest BCUT2D eigenvalue weighted by Gasteiger charge is -2.18. The van der Waals surface area contributed by atoms with E-state index in [4.69, 9.17) is 9.95 Å². The first-order valence-electron chi connectivity index (χ1n) is 5.97. The lowest BCUT2D eigenvalue weighted by atomic mass is 9.92. The molecule has 0 aliphatic heterocycles. The Kier molecular flexibility index (Phi) is 3.63. The molecule has 2 atom stereocenters. The van der Waals surface area contributed by atoms with E-state index < -0.39 is 17.8 Å². The summed E-state index contributed by atoms with van der Waals surface area (Å²) in [7, 11) is 0. The van der Waals surface area contributed by atoms with Crippen LogP contribution >= 0.6 is 0 Å². The fraction of sp³-hybridized carbons (Fsp3) is 0.385. The number of alkyl halides is 3. The van der Waals surface area contributed by atoms with Crippen LogP contribution in [-0.2, 0) is 6.18 Å². The predicted octanol–water partition coefficient (Wildman–Crippen LogP) is 5.25. The number of benzene rings is 1. The summed E-state index contributed by atoms with van der Waals surface area (Å²) < 4.78 is 44.0. The Labute approximate surface area is 112 Å². The number of halogens is 3. The van der Waals surface area contributed by atoms with Crippen molar-refractivity contribution in [2.45, 2.75) is 32.0 Å². The normalized spacial score (nSPS) is 14.8. The van der Waals surface area contributed by atoms with Crippen molar-refractivity contribution in [3.05, 3.63) is 46.0 Å². The van der Waals surface area contributed by atoms with Gasteiger partial charge in [0.1, 0.15) is 5.58 Å². The molecule has 1 aromatic carbocycles. The maximum absolute atomic E-state index is 12.9.